The molecule has 1 aromatic rings. The zero-order chi connectivity index (χ0) is 19.9. The topological polar surface area (TPSA) is 107 Å². The Morgan fingerprint density at radius 2 is 1.67 bits per heavy atom. The normalized spacial score (nSPS) is 17.9. The summed E-state index contributed by atoms with van der Waals surface area (Å²) in [5.74, 6) is -1.96. The summed E-state index contributed by atoms with van der Waals surface area (Å²) in [6, 6.07) is 4.32. The molecule has 0 unspecified atom stereocenters. The maximum atomic E-state index is 12.6. The Morgan fingerprint density at radius 1 is 1.07 bits per heavy atom. The number of aliphatic carboxylic acids is 1. The lowest BCUT2D eigenvalue weighted by Crippen LogP contribution is -2.45. The van der Waals surface area contributed by atoms with Crippen LogP contribution in [0.3, 0.4) is 0 Å². The number of rotatable bonds is 2. The minimum atomic E-state index is -0.833. The first-order valence-corrected chi connectivity index (χ1v) is 8.91. The quantitative estimate of drug-likeness (QED) is 0.774. The van der Waals surface area contributed by atoms with E-state index in [1.165, 1.54) is 11.0 Å². The smallest absolute Gasteiger partial charge is 0.321 e. The number of carboxylic acids is 1. The minimum Gasteiger partial charge on any atom is -0.481 e. The van der Waals surface area contributed by atoms with Gasteiger partial charge in [-0.2, -0.15) is 0 Å². The number of fused-ring (bicyclic) bond motifs is 1. The van der Waals surface area contributed by atoms with Crippen LogP contribution >= 0.6 is 0 Å². The van der Waals surface area contributed by atoms with Crippen LogP contribution in [0.2, 0.25) is 0 Å². The standard InChI is InChI=1S/C19H23N3O5/c1-19(2,3)22-15(23)13-5-4-12(10-14(13)16(22)24)20-18(27)21-8-6-11(7-9-21)17(25)26/h4-5,10-11H,6-9H2,1-3H3,(H,20,27)(H,25,26). The zero-order valence-corrected chi connectivity index (χ0v) is 15.6. The van der Waals surface area contributed by atoms with Gasteiger partial charge in [-0.15, -0.1) is 0 Å². The molecule has 0 atom stereocenters. The van der Waals surface area contributed by atoms with Gasteiger partial charge in [-0.1, -0.05) is 0 Å². The van der Waals surface area contributed by atoms with E-state index in [2.05, 4.69) is 5.32 Å². The molecule has 1 fully saturated rings. The molecular weight excluding hydrogens is 350 g/mol. The summed E-state index contributed by atoms with van der Waals surface area (Å²) in [7, 11) is 0. The van der Waals surface area contributed by atoms with Crippen molar-refractivity contribution in [2.24, 2.45) is 5.92 Å². The summed E-state index contributed by atoms with van der Waals surface area (Å²) in [4.78, 5) is 51.3. The van der Waals surface area contributed by atoms with Crippen LogP contribution in [0.5, 0.6) is 0 Å². The summed E-state index contributed by atoms with van der Waals surface area (Å²) in [5, 5.41) is 11.8. The molecule has 0 radical (unpaired) electrons. The number of anilines is 1. The Kier molecular flexibility index (Phi) is 4.67. The molecular formula is C19H23N3O5. The molecule has 2 N–H and O–H groups in total. The second-order valence-electron chi connectivity index (χ2n) is 7.91. The van der Waals surface area contributed by atoms with Crippen molar-refractivity contribution < 1.29 is 24.3 Å². The molecule has 0 aromatic heterocycles. The number of likely N-dealkylation sites (tertiary alicyclic amines) is 1. The van der Waals surface area contributed by atoms with E-state index in [1.807, 2.05) is 0 Å². The van der Waals surface area contributed by atoms with E-state index in [4.69, 9.17) is 5.11 Å². The number of hydrogen-bond donors (Lipinski definition) is 2. The zero-order valence-electron chi connectivity index (χ0n) is 15.6. The van der Waals surface area contributed by atoms with Gasteiger partial charge in [-0.05, 0) is 51.8 Å². The van der Waals surface area contributed by atoms with Crippen LogP contribution in [-0.2, 0) is 4.79 Å². The van der Waals surface area contributed by atoms with Gasteiger partial charge in [0.25, 0.3) is 11.8 Å². The van der Waals surface area contributed by atoms with Crippen LogP contribution in [0.25, 0.3) is 0 Å². The van der Waals surface area contributed by atoms with Crippen molar-refractivity contribution in [2.75, 3.05) is 18.4 Å². The number of imide groups is 1. The lowest BCUT2D eigenvalue weighted by atomic mass is 9.97. The number of urea groups is 1. The van der Waals surface area contributed by atoms with Gasteiger partial charge >= 0.3 is 12.0 Å². The summed E-state index contributed by atoms with van der Waals surface area (Å²) in [6.45, 7) is 6.10. The number of carbonyl (C=O) groups is 4. The Hall–Kier alpha value is -2.90. The van der Waals surface area contributed by atoms with Gasteiger partial charge in [0.05, 0.1) is 17.0 Å². The summed E-state index contributed by atoms with van der Waals surface area (Å²) >= 11 is 0. The minimum absolute atomic E-state index is 0.275. The van der Waals surface area contributed by atoms with Crippen molar-refractivity contribution in [1.82, 2.24) is 9.80 Å². The molecule has 27 heavy (non-hydrogen) atoms. The van der Waals surface area contributed by atoms with E-state index in [0.717, 1.165) is 0 Å². The summed E-state index contributed by atoms with van der Waals surface area (Å²) in [6.07, 6.45) is 0.834. The number of amides is 4. The summed E-state index contributed by atoms with van der Waals surface area (Å²) < 4.78 is 0. The molecule has 2 aliphatic heterocycles. The predicted octanol–water partition coefficient (Wildman–Crippen LogP) is 2.41. The SMILES string of the molecule is CC(C)(C)N1C(=O)c2ccc(NC(=O)N3CCC(C(=O)O)CC3)cc2C1=O. The molecule has 144 valence electrons. The molecule has 3 rings (SSSR count). The Labute approximate surface area is 157 Å². The van der Waals surface area contributed by atoms with Crippen molar-refractivity contribution in [1.29, 1.82) is 0 Å². The predicted molar refractivity (Wildman–Crippen MR) is 97.6 cm³/mol. The molecule has 8 nitrogen and oxygen atoms in total. The third kappa shape index (κ3) is 3.51. The highest BCUT2D eigenvalue weighted by Crippen LogP contribution is 2.31. The van der Waals surface area contributed by atoms with Gasteiger partial charge in [0.15, 0.2) is 0 Å². The Morgan fingerprint density at radius 3 is 2.22 bits per heavy atom. The van der Waals surface area contributed by atoms with E-state index in [0.29, 0.717) is 37.2 Å². The van der Waals surface area contributed by atoms with Gasteiger partial charge < -0.3 is 15.3 Å². The molecule has 0 saturated carbocycles. The molecule has 0 bridgehead atoms. The van der Waals surface area contributed by atoms with Crippen molar-refractivity contribution in [3.05, 3.63) is 29.3 Å². The number of benzene rings is 1. The summed E-state index contributed by atoms with van der Waals surface area (Å²) in [5.41, 5.74) is 0.397. The van der Waals surface area contributed by atoms with Crippen molar-refractivity contribution in [3.8, 4) is 0 Å². The van der Waals surface area contributed by atoms with Crippen LogP contribution in [0, 0.1) is 5.92 Å². The monoisotopic (exact) mass is 373 g/mol. The third-order valence-corrected chi connectivity index (χ3v) is 4.94. The molecule has 8 heteroatoms. The number of hydrogen-bond acceptors (Lipinski definition) is 4. The Bertz CT molecular complexity index is 819. The first-order chi connectivity index (χ1) is 12.6. The fraction of sp³-hybridized carbons (Fsp3) is 0.474. The van der Waals surface area contributed by atoms with Crippen LogP contribution in [0.4, 0.5) is 10.5 Å². The van der Waals surface area contributed by atoms with Crippen LogP contribution in [-0.4, -0.2) is 57.3 Å². The van der Waals surface area contributed by atoms with E-state index in [9.17, 15) is 19.2 Å². The fourth-order valence-electron chi connectivity index (χ4n) is 3.46. The molecule has 2 heterocycles. The number of piperidine rings is 1. The van der Waals surface area contributed by atoms with E-state index < -0.39 is 17.4 Å². The lowest BCUT2D eigenvalue weighted by Gasteiger charge is -2.30. The van der Waals surface area contributed by atoms with Gasteiger partial charge in [0.2, 0.25) is 0 Å². The maximum absolute atomic E-state index is 12.6. The average Bonchev–Trinajstić information content (AvgIpc) is 2.85. The number of carboxylic acid groups (broad SMARTS) is 1. The highest BCUT2D eigenvalue weighted by Gasteiger charge is 2.42. The molecule has 1 aromatic carbocycles. The van der Waals surface area contributed by atoms with Crippen LogP contribution in [0.15, 0.2) is 18.2 Å². The maximum Gasteiger partial charge on any atom is 0.321 e. The van der Waals surface area contributed by atoms with Gasteiger partial charge in [-0.3, -0.25) is 19.3 Å². The first kappa shape index (κ1) is 18.9. The largest absolute Gasteiger partial charge is 0.481 e. The second-order valence-corrected chi connectivity index (χ2v) is 7.91. The van der Waals surface area contributed by atoms with Crippen molar-refractivity contribution in [2.45, 2.75) is 39.2 Å². The number of carbonyl (C=O) groups excluding carboxylic acids is 3. The van der Waals surface area contributed by atoms with Gasteiger partial charge in [0, 0.05) is 24.3 Å². The van der Waals surface area contributed by atoms with Crippen LogP contribution in [0.1, 0.15) is 54.3 Å². The first-order valence-electron chi connectivity index (χ1n) is 8.91. The number of nitrogens with one attached hydrogen (secondary N) is 1. The van der Waals surface area contributed by atoms with E-state index in [1.54, 1.807) is 37.8 Å². The van der Waals surface area contributed by atoms with E-state index in [-0.39, 0.29) is 23.4 Å². The van der Waals surface area contributed by atoms with Crippen molar-refractivity contribution in [3.63, 3.8) is 0 Å². The average molecular weight is 373 g/mol. The molecule has 0 aliphatic carbocycles. The third-order valence-electron chi connectivity index (χ3n) is 4.94. The molecule has 4 amide bonds. The number of nitrogens with zero attached hydrogens (tertiary/aromatic N) is 2. The fourth-order valence-corrected chi connectivity index (χ4v) is 3.46. The lowest BCUT2D eigenvalue weighted by molar-refractivity contribution is -0.143. The molecule has 2 aliphatic rings. The highest BCUT2D eigenvalue weighted by atomic mass is 16.4. The molecule has 0 spiro atoms. The van der Waals surface area contributed by atoms with Crippen LogP contribution < -0.4 is 5.32 Å². The highest BCUT2D eigenvalue weighted by molar-refractivity contribution is 6.22. The van der Waals surface area contributed by atoms with E-state index >= 15 is 0 Å². The Balaban J connectivity index is 1.72. The van der Waals surface area contributed by atoms with Gasteiger partial charge in [0.1, 0.15) is 0 Å². The second kappa shape index (κ2) is 6.68. The molecule has 1 saturated heterocycles. The van der Waals surface area contributed by atoms with Gasteiger partial charge in [-0.25, -0.2) is 4.79 Å². The van der Waals surface area contributed by atoms with Crippen molar-refractivity contribution >= 4 is 29.5 Å².